The molecule has 0 aromatic heterocycles. The minimum absolute atomic E-state index is 0.0802. The lowest BCUT2D eigenvalue weighted by Crippen LogP contribution is -2.34. The molecule has 0 spiro atoms. The van der Waals surface area contributed by atoms with E-state index < -0.39 is 5.91 Å². The second-order valence-corrected chi connectivity index (χ2v) is 6.17. The fraction of sp³-hybridized carbons (Fsp3) is 0.389. The van der Waals surface area contributed by atoms with Gasteiger partial charge in [-0.25, -0.2) is 0 Å². The summed E-state index contributed by atoms with van der Waals surface area (Å²) in [6.07, 6.45) is 4.13. The van der Waals surface area contributed by atoms with Gasteiger partial charge in [-0.3, -0.25) is 9.80 Å². The summed E-state index contributed by atoms with van der Waals surface area (Å²) in [7, 11) is 1.87. The topological polar surface area (TPSA) is 88.7 Å². The summed E-state index contributed by atoms with van der Waals surface area (Å²) in [6.45, 7) is 0. The van der Waals surface area contributed by atoms with Crippen molar-refractivity contribution in [2.24, 2.45) is 11.0 Å². The maximum atomic E-state index is 12.4. The SMILES string of the molecule is CN1N=C(/C(O)=C(\C#N)C(=O)Nc2ccccc2)C2CCCCC21. The van der Waals surface area contributed by atoms with Crippen molar-refractivity contribution in [2.45, 2.75) is 31.7 Å². The summed E-state index contributed by atoms with van der Waals surface area (Å²) >= 11 is 0. The van der Waals surface area contributed by atoms with E-state index in [0.717, 1.165) is 25.7 Å². The van der Waals surface area contributed by atoms with E-state index in [2.05, 4.69) is 10.4 Å². The highest BCUT2D eigenvalue weighted by molar-refractivity contribution is 6.14. The Morgan fingerprint density at radius 2 is 2.04 bits per heavy atom. The Morgan fingerprint density at radius 1 is 1.33 bits per heavy atom. The van der Waals surface area contributed by atoms with Crippen molar-refractivity contribution in [1.82, 2.24) is 5.01 Å². The van der Waals surface area contributed by atoms with Crippen LogP contribution >= 0.6 is 0 Å². The summed E-state index contributed by atoms with van der Waals surface area (Å²) in [5.41, 5.74) is 0.739. The molecule has 6 heteroatoms. The zero-order valence-electron chi connectivity index (χ0n) is 13.6. The van der Waals surface area contributed by atoms with Gasteiger partial charge in [-0.15, -0.1) is 0 Å². The van der Waals surface area contributed by atoms with E-state index in [1.54, 1.807) is 24.3 Å². The van der Waals surface area contributed by atoms with E-state index in [0.29, 0.717) is 11.4 Å². The molecule has 0 bridgehead atoms. The Balaban J connectivity index is 1.86. The van der Waals surface area contributed by atoms with Gasteiger partial charge >= 0.3 is 0 Å². The van der Waals surface area contributed by atoms with Crippen molar-refractivity contribution in [3.05, 3.63) is 41.7 Å². The maximum Gasteiger partial charge on any atom is 0.270 e. The smallest absolute Gasteiger partial charge is 0.270 e. The van der Waals surface area contributed by atoms with Crippen LogP contribution in [0.5, 0.6) is 0 Å². The number of aliphatic hydroxyl groups excluding tert-OH is 1. The zero-order chi connectivity index (χ0) is 17.1. The second kappa shape index (κ2) is 6.75. The molecular weight excluding hydrogens is 304 g/mol. The number of hydrogen-bond acceptors (Lipinski definition) is 5. The molecule has 2 unspecified atom stereocenters. The van der Waals surface area contributed by atoms with Gasteiger partial charge in [0.05, 0.1) is 6.04 Å². The Bertz CT molecular complexity index is 733. The fourth-order valence-corrected chi connectivity index (χ4v) is 3.47. The molecule has 24 heavy (non-hydrogen) atoms. The number of anilines is 1. The lowest BCUT2D eigenvalue weighted by Gasteiger charge is -2.29. The molecule has 1 saturated carbocycles. The molecule has 1 amide bonds. The summed E-state index contributed by atoms with van der Waals surface area (Å²) in [5.74, 6) is -0.838. The molecule has 2 aliphatic rings. The third-order valence-electron chi connectivity index (χ3n) is 4.68. The van der Waals surface area contributed by atoms with Gasteiger partial charge in [-0.1, -0.05) is 31.0 Å². The van der Waals surface area contributed by atoms with Crippen molar-refractivity contribution in [1.29, 1.82) is 5.26 Å². The number of fused-ring (bicyclic) bond motifs is 1. The first-order chi connectivity index (χ1) is 11.6. The van der Waals surface area contributed by atoms with Crippen LogP contribution < -0.4 is 5.32 Å². The van der Waals surface area contributed by atoms with Gasteiger partial charge in [0.1, 0.15) is 11.8 Å². The summed E-state index contributed by atoms with van der Waals surface area (Å²) in [6, 6.07) is 10.9. The molecule has 1 aromatic rings. The molecule has 124 valence electrons. The Hall–Kier alpha value is -2.81. The molecule has 1 fully saturated rings. The third kappa shape index (κ3) is 2.98. The number of nitrogens with zero attached hydrogens (tertiary/aromatic N) is 3. The Morgan fingerprint density at radius 3 is 2.75 bits per heavy atom. The van der Waals surface area contributed by atoms with Crippen LogP contribution in [-0.4, -0.2) is 34.8 Å². The number of aliphatic hydroxyl groups is 1. The average Bonchev–Trinajstić information content (AvgIpc) is 2.94. The molecule has 1 aliphatic heterocycles. The number of hydrogen-bond donors (Lipinski definition) is 2. The minimum atomic E-state index is -0.620. The fourth-order valence-electron chi connectivity index (χ4n) is 3.47. The van der Waals surface area contributed by atoms with Crippen LogP contribution in [0.3, 0.4) is 0 Å². The number of rotatable bonds is 3. The van der Waals surface area contributed by atoms with Crippen LogP contribution in [0.1, 0.15) is 25.7 Å². The van der Waals surface area contributed by atoms with Gasteiger partial charge in [-0.2, -0.15) is 10.4 Å². The highest BCUT2D eigenvalue weighted by Gasteiger charge is 2.40. The summed E-state index contributed by atoms with van der Waals surface area (Å²) in [5, 5.41) is 28.8. The first kappa shape index (κ1) is 16.1. The quantitative estimate of drug-likeness (QED) is 0.508. The first-order valence-electron chi connectivity index (χ1n) is 8.13. The van der Waals surface area contributed by atoms with Crippen molar-refractivity contribution >= 4 is 17.3 Å². The molecule has 0 saturated heterocycles. The predicted molar refractivity (Wildman–Crippen MR) is 91.3 cm³/mol. The summed E-state index contributed by atoms with van der Waals surface area (Å²) in [4.78, 5) is 12.4. The van der Waals surface area contributed by atoms with Gasteiger partial charge in [0.2, 0.25) is 0 Å². The average molecular weight is 324 g/mol. The van der Waals surface area contributed by atoms with E-state index in [-0.39, 0.29) is 23.3 Å². The van der Waals surface area contributed by atoms with Crippen LogP contribution in [0.4, 0.5) is 5.69 Å². The number of carbonyl (C=O) groups is 1. The van der Waals surface area contributed by atoms with Crippen LogP contribution in [0, 0.1) is 17.2 Å². The standard InChI is InChI=1S/C18H20N4O2/c1-22-15-10-6-5-9-13(15)16(21-22)17(23)14(11-19)18(24)20-12-7-3-2-4-8-12/h2-4,7-8,13,15,23H,5-6,9-10H2,1H3,(H,20,24)/b17-14-. The van der Waals surface area contributed by atoms with E-state index in [1.165, 1.54) is 0 Å². The third-order valence-corrected chi connectivity index (χ3v) is 4.68. The lowest BCUT2D eigenvalue weighted by molar-refractivity contribution is -0.112. The maximum absolute atomic E-state index is 12.4. The number of nitrogens with one attached hydrogen (secondary N) is 1. The number of allylic oxidation sites excluding steroid dienone is 1. The molecule has 2 N–H and O–H groups in total. The van der Waals surface area contributed by atoms with Crippen molar-refractivity contribution in [3.8, 4) is 6.07 Å². The van der Waals surface area contributed by atoms with Gasteiger partial charge in [0, 0.05) is 18.7 Å². The van der Waals surface area contributed by atoms with Crippen molar-refractivity contribution < 1.29 is 9.90 Å². The lowest BCUT2D eigenvalue weighted by atomic mass is 9.81. The first-order valence-corrected chi connectivity index (χ1v) is 8.13. The van der Waals surface area contributed by atoms with Crippen LogP contribution in [-0.2, 0) is 4.79 Å². The number of benzene rings is 1. The monoisotopic (exact) mass is 324 g/mol. The molecule has 2 atom stereocenters. The van der Waals surface area contributed by atoms with Crippen LogP contribution in [0.15, 0.2) is 46.8 Å². The molecular formula is C18H20N4O2. The number of nitriles is 1. The predicted octanol–water partition coefficient (Wildman–Crippen LogP) is 2.82. The molecule has 6 nitrogen and oxygen atoms in total. The molecule has 1 aliphatic carbocycles. The molecule has 1 heterocycles. The van der Waals surface area contributed by atoms with E-state index in [1.807, 2.05) is 24.2 Å². The molecule has 0 radical (unpaired) electrons. The van der Waals surface area contributed by atoms with Gasteiger partial charge < -0.3 is 10.4 Å². The van der Waals surface area contributed by atoms with Gasteiger partial charge in [0.25, 0.3) is 5.91 Å². The van der Waals surface area contributed by atoms with E-state index in [9.17, 15) is 15.2 Å². The van der Waals surface area contributed by atoms with Crippen LogP contribution in [0.25, 0.3) is 0 Å². The van der Waals surface area contributed by atoms with E-state index >= 15 is 0 Å². The van der Waals surface area contributed by atoms with Crippen LogP contribution in [0.2, 0.25) is 0 Å². The number of para-hydroxylation sites is 1. The number of carbonyl (C=O) groups excluding carboxylic acids is 1. The van der Waals surface area contributed by atoms with Gasteiger partial charge in [0.15, 0.2) is 11.3 Å². The Kier molecular flexibility index (Phi) is 4.52. The summed E-state index contributed by atoms with van der Waals surface area (Å²) < 4.78 is 0. The minimum Gasteiger partial charge on any atom is -0.504 e. The number of hydrazone groups is 1. The van der Waals surface area contributed by atoms with Gasteiger partial charge in [-0.05, 0) is 25.0 Å². The van der Waals surface area contributed by atoms with E-state index in [4.69, 9.17) is 0 Å². The molecule has 1 aromatic carbocycles. The zero-order valence-corrected chi connectivity index (χ0v) is 13.6. The highest BCUT2D eigenvalue weighted by Crippen LogP contribution is 2.35. The molecule has 3 rings (SSSR count). The highest BCUT2D eigenvalue weighted by atomic mass is 16.3. The second-order valence-electron chi connectivity index (χ2n) is 6.17. The van der Waals surface area contributed by atoms with Crippen molar-refractivity contribution in [2.75, 3.05) is 12.4 Å². The normalized spacial score (nSPS) is 23.7. The number of amides is 1. The van der Waals surface area contributed by atoms with Crippen molar-refractivity contribution in [3.63, 3.8) is 0 Å². The largest absolute Gasteiger partial charge is 0.504 e. The Labute approximate surface area is 141 Å².